The Bertz CT molecular complexity index is 1190. The summed E-state index contributed by atoms with van der Waals surface area (Å²) in [5.74, 6) is 0.153. The number of carbonyl (C=O) groups is 1. The first kappa shape index (κ1) is 20.9. The van der Waals surface area contributed by atoms with Crippen LogP contribution in [0, 0.1) is 5.82 Å². The van der Waals surface area contributed by atoms with Gasteiger partial charge in [0.1, 0.15) is 0 Å². The number of para-hydroxylation sites is 1. The van der Waals surface area contributed by atoms with E-state index in [1.54, 1.807) is 37.7 Å². The summed E-state index contributed by atoms with van der Waals surface area (Å²) in [7, 11) is 1.59. The van der Waals surface area contributed by atoms with Crippen molar-refractivity contribution in [2.75, 3.05) is 12.4 Å². The van der Waals surface area contributed by atoms with Crippen LogP contribution in [0.1, 0.15) is 20.5 Å². The molecule has 0 aliphatic rings. The molecule has 0 saturated carbocycles. The number of nitrogens with one attached hydrogen (secondary N) is 1. The standard InChI is InChI=1S/C23H19FN4O2Se/c1-30-20-5-3-2-4-17(20)19-14-25-13-12-18(19)22(29)26-23-28-27-21(31-23)11-8-15-6-9-16(24)10-7-15/h2-7,9-10,12-14H,8,11H2,1H3,(H,26,28,29). The van der Waals surface area contributed by atoms with E-state index in [2.05, 4.69) is 20.5 Å². The molecular formula is C23H19FN4O2Se. The van der Waals surface area contributed by atoms with E-state index in [1.807, 2.05) is 24.3 Å². The Morgan fingerprint density at radius 2 is 1.84 bits per heavy atom. The Kier molecular flexibility index (Phi) is 6.50. The van der Waals surface area contributed by atoms with Gasteiger partial charge in [-0.25, -0.2) is 0 Å². The van der Waals surface area contributed by atoms with E-state index in [1.165, 1.54) is 12.1 Å². The van der Waals surface area contributed by atoms with Crippen molar-refractivity contribution in [1.82, 2.24) is 15.2 Å². The first-order valence-electron chi connectivity index (χ1n) is 9.59. The van der Waals surface area contributed by atoms with Crippen LogP contribution in [0.5, 0.6) is 5.75 Å². The van der Waals surface area contributed by atoms with Gasteiger partial charge in [-0.3, -0.25) is 0 Å². The molecular weight excluding hydrogens is 462 g/mol. The van der Waals surface area contributed by atoms with E-state index < -0.39 is 0 Å². The summed E-state index contributed by atoms with van der Waals surface area (Å²) < 4.78 is 20.0. The Hall–Kier alpha value is -3.35. The van der Waals surface area contributed by atoms with Crippen LogP contribution in [-0.4, -0.2) is 42.7 Å². The van der Waals surface area contributed by atoms with Crippen molar-refractivity contribution in [2.24, 2.45) is 0 Å². The molecule has 0 spiro atoms. The van der Waals surface area contributed by atoms with Gasteiger partial charge in [-0.15, -0.1) is 0 Å². The summed E-state index contributed by atoms with van der Waals surface area (Å²) in [4.78, 5) is 17.1. The second-order valence-electron chi connectivity index (χ2n) is 6.70. The number of benzene rings is 2. The second-order valence-corrected chi connectivity index (χ2v) is 8.93. The third kappa shape index (κ3) is 5.05. The molecule has 1 amide bonds. The van der Waals surface area contributed by atoms with Crippen LogP contribution < -0.4 is 10.1 Å². The zero-order valence-electron chi connectivity index (χ0n) is 16.7. The van der Waals surface area contributed by atoms with Crippen molar-refractivity contribution < 1.29 is 13.9 Å². The molecule has 0 aliphatic heterocycles. The van der Waals surface area contributed by atoms with Crippen molar-refractivity contribution >= 4 is 25.1 Å². The number of halogens is 1. The molecule has 0 radical (unpaired) electrons. The summed E-state index contributed by atoms with van der Waals surface area (Å²) in [5, 5.41) is 11.2. The predicted octanol–water partition coefficient (Wildman–Crippen LogP) is 3.78. The van der Waals surface area contributed by atoms with E-state index in [0.29, 0.717) is 21.6 Å². The molecule has 2 aromatic heterocycles. The first-order valence-corrected chi connectivity index (χ1v) is 11.3. The number of anilines is 1. The topological polar surface area (TPSA) is 77.0 Å². The summed E-state index contributed by atoms with van der Waals surface area (Å²) in [6.45, 7) is 0. The molecule has 8 heteroatoms. The van der Waals surface area contributed by atoms with Crippen molar-refractivity contribution in [2.45, 2.75) is 12.8 Å². The van der Waals surface area contributed by atoms with E-state index in [-0.39, 0.29) is 26.2 Å². The van der Waals surface area contributed by atoms with E-state index >= 15 is 0 Å². The van der Waals surface area contributed by atoms with E-state index in [0.717, 1.165) is 28.5 Å². The van der Waals surface area contributed by atoms with Gasteiger partial charge in [-0.05, 0) is 0 Å². The fraction of sp³-hybridized carbons (Fsp3) is 0.130. The Balaban J connectivity index is 1.48. The molecule has 0 aliphatic carbocycles. The number of ether oxygens (including phenoxy) is 1. The van der Waals surface area contributed by atoms with Crippen LogP contribution in [0.3, 0.4) is 0 Å². The predicted molar refractivity (Wildman–Crippen MR) is 117 cm³/mol. The normalized spacial score (nSPS) is 10.6. The zero-order valence-corrected chi connectivity index (χ0v) is 18.4. The van der Waals surface area contributed by atoms with E-state index in [4.69, 9.17) is 4.74 Å². The number of methoxy groups -OCH3 is 1. The second kappa shape index (κ2) is 9.64. The van der Waals surface area contributed by atoms with Gasteiger partial charge >= 0.3 is 185 Å². The zero-order chi connectivity index (χ0) is 21.6. The summed E-state index contributed by atoms with van der Waals surface area (Å²) >= 11 is -0.159. The van der Waals surface area contributed by atoms with Gasteiger partial charge in [-0.2, -0.15) is 0 Å². The van der Waals surface area contributed by atoms with Crippen molar-refractivity contribution in [3.05, 3.63) is 88.5 Å². The fourth-order valence-corrected chi connectivity index (χ4v) is 4.69. The number of rotatable bonds is 7. The van der Waals surface area contributed by atoms with Gasteiger partial charge in [0, 0.05) is 0 Å². The molecule has 0 atom stereocenters. The summed E-state index contributed by atoms with van der Waals surface area (Å²) in [6.07, 6.45) is 4.70. The van der Waals surface area contributed by atoms with Crippen molar-refractivity contribution in [1.29, 1.82) is 0 Å². The Morgan fingerprint density at radius 1 is 1.03 bits per heavy atom. The van der Waals surface area contributed by atoms with Crippen LogP contribution in [-0.2, 0) is 12.8 Å². The number of nitrogens with zero attached hydrogens (tertiary/aromatic N) is 3. The number of hydrogen-bond donors (Lipinski definition) is 1. The number of aryl methyl sites for hydroxylation is 2. The molecule has 4 aromatic rings. The number of carbonyl (C=O) groups excluding carboxylic acids is 1. The minimum atomic E-state index is -0.265. The minimum absolute atomic E-state index is 0.159. The van der Waals surface area contributed by atoms with Gasteiger partial charge in [0.2, 0.25) is 0 Å². The summed E-state index contributed by atoms with van der Waals surface area (Å²) in [6, 6.07) is 15.6. The average Bonchev–Trinajstić information content (AvgIpc) is 3.26. The molecule has 4 rings (SSSR count). The number of hydrogen-bond acceptors (Lipinski definition) is 5. The first-order chi connectivity index (χ1) is 15.1. The SMILES string of the molecule is COc1ccccc1-c1cnccc1C(=O)Nc1nnc(CCc2ccc(F)cc2)[se]1. The molecule has 2 heterocycles. The molecule has 1 N–H and O–H groups in total. The quantitative estimate of drug-likeness (QED) is 0.407. The van der Waals surface area contributed by atoms with Gasteiger partial charge in [0.25, 0.3) is 0 Å². The van der Waals surface area contributed by atoms with Crippen LogP contribution in [0.25, 0.3) is 11.1 Å². The van der Waals surface area contributed by atoms with Crippen LogP contribution in [0.15, 0.2) is 67.0 Å². The third-order valence-corrected chi connectivity index (χ3v) is 6.58. The number of amides is 1. The molecule has 156 valence electrons. The van der Waals surface area contributed by atoms with Gasteiger partial charge in [-0.1, -0.05) is 0 Å². The number of pyridine rings is 1. The molecule has 0 fully saturated rings. The molecule has 0 bridgehead atoms. The molecule has 2 aromatic carbocycles. The fourth-order valence-electron chi connectivity index (χ4n) is 3.15. The monoisotopic (exact) mass is 482 g/mol. The average molecular weight is 481 g/mol. The van der Waals surface area contributed by atoms with Crippen molar-refractivity contribution in [3.8, 4) is 16.9 Å². The molecule has 0 saturated heterocycles. The third-order valence-electron chi connectivity index (χ3n) is 4.69. The van der Waals surface area contributed by atoms with Crippen molar-refractivity contribution in [3.63, 3.8) is 0 Å². The Morgan fingerprint density at radius 3 is 2.65 bits per heavy atom. The molecule has 6 nitrogen and oxygen atoms in total. The number of aromatic nitrogens is 3. The van der Waals surface area contributed by atoms with Gasteiger partial charge in [0.05, 0.1) is 0 Å². The summed E-state index contributed by atoms with van der Waals surface area (Å²) in [5.41, 5.74) is 2.99. The van der Waals surface area contributed by atoms with Crippen LogP contribution in [0.2, 0.25) is 0 Å². The van der Waals surface area contributed by atoms with Gasteiger partial charge < -0.3 is 0 Å². The maximum absolute atomic E-state index is 13.0. The van der Waals surface area contributed by atoms with Crippen LogP contribution >= 0.6 is 0 Å². The maximum atomic E-state index is 13.0. The molecule has 31 heavy (non-hydrogen) atoms. The Labute approximate surface area is 184 Å². The molecule has 0 unspecified atom stereocenters. The van der Waals surface area contributed by atoms with Crippen LogP contribution in [0.4, 0.5) is 9.08 Å². The van der Waals surface area contributed by atoms with Gasteiger partial charge in [0.15, 0.2) is 0 Å². The van der Waals surface area contributed by atoms with E-state index in [9.17, 15) is 9.18 Å².